The van der Waals surface area contributed by atoms with Gasteiger partial charge in [-0.1, -0.05) is 0 Å². The van der Waals surface area contributed by atoms with E-state index in [0.717, 1.165) is 27.4 Å². The van der Waals surface area contributed by atoms with Gasteiger partial charge in [0.15, 0.2) is 0 Å². The van der Waals surface area contributed by atoms with Crippen LogP contribution in [0.25, 0.3) is 22.4 Å². The van der Waals surface area contributed by atoms with E-state index < -0.39 is 5.95 Å². The van der Waals surface area contributed by atoms with E-state index in [9.17, 15) is 4.39 Å². The van der Waals surface area contributed by atoms with Gasteiger partial charge in [0, 0.05) is 40.7 Å². The molecule has 0 unspecified atom stereocenters. The van der Waals surface area contributed by atoms with Gasteiger partial charge in [-0.15, -0.1) is 11.3 Å². The summed E-state index contributed by atoms with van der Waals surface area (Å²) in [6, 6.07) is 5.01. The van der Waals surface area contributed by atoms with Crippen molar-refractivity contribution in [3.8, 4) is 22.4 Å². The lowest BCUT2D eigenvalue weighted by atomic mass is 10.1. The molecule has 0 aromatic carbocycles. The molecule has 94 valence electrons. The fourth-order valence-electron chi connectivity index (χ4n) is 1.78. The molecule has 0 aliphatic carbocycles. The van der Waals surface area contributed by atoms with Gasteiger partial charge in [0.05, 0.1) is 10.7 Å². The summed E-state index contributed by atoms with van der Waals surface area (Å²) in [5.74, 6) is -0.483. The number of halogens is 1. The zero-order chi connectivity index (χ0) is 13.2. The fourth-order valence-corrected chi connectivity index (χ4v) is 2.40. The van der Waals surface area contributed by atoms with Gasteiger partial charge in [0.1, 0.15) is 0 Å². The first-order chi connectivity index (χ1) is 9.22. The van der Waals surface area contributed by atoms with Crippen LogP contribution < -0.4 is 0 Å². The average molecular weight is 271 g/mol. The molecule has 3 aromatic heterocycles. The van der Waals surface area contributed by atoms with Crippen molar-refractivity contribution in [2.45, 2.75) is 6.92 Å². The van der Waals surface area contributed by atoms with Gasteiger partial charge >= 0.3 is 0 Å². The van der Waals surface area contributed by atoms with Crippen LogP contribution in [0.2, 0.25) is 0 Å². The number of pyridine rings is 2. The number of thiazole rings is 1. The van der Waals surface area contributed by atoms with Gasteiger partial charge in [-0.3, -0.25) is 4.98 Å². The highest BCUT2D eigenvalue weighted by molar-refractivity contribution is 7.09. The van der Waals surface area contributed by atoms with Gasteiger partial charge in [0.2, 0.25) is 5.95 Å². The Morgan fingerprint density at radius 1 is 1.05 bits per heavy atom. The number of hydrogen-bond acceptors (Lipinski definition) is 4. The van der Waals surface area contributed by atoms with E-state index in [1.165, 1.54) is 12.3 Å². The molecule has 3 heterocycles. The van der Waals surface area contributed by atoms with E-state index in [1.807, 2.05) is 18.4 Å². The van der Waals surface area contributed by atoms with Crippen LogP contribution in [0.1, 0.15) is 5.01 Å². The Labute approximate surface area is 113 Å². The van der Waals surface area contributed by atoms with E-state index in [1.54, 1.807) is 29.8 Å². The summed E-state index contributed by atoms with van der Waals surface area (Å²) >= 11 is 1.60. The summed E-state index contributed by atoms with van der Waals surface area (Å²) < 4.78 is 12.8. The molecule has 0 radical (unpaired) electrons. The van der Waals surface area contributed by atoms with Gasteiger partial charge in [-0.05, 0) is 25.1 Å². The molecule has 0 aliphatic heterocycles. The highest BCUT2D eigenvalue weighted by Crippen LogP contribution is 2.25. The summed E-state index contributed by atoms with van der Waals surface area (Å²) in [4.78, 5) is 12.3. The maximum Gasteiger partial charge on any atom is 0.212 e. The second kappa shape index (κ2) is 4.85. The smallest absolute Gasteiger partial charge is 0.212 e. The van der Waals surface area contributed by atoms with Crippen molar-refractivity contribution < 1.29 is 4.39 Å². The quantitative estimate of drug-likeness (QED) is 0.667. The largest absolute Gasteiger partial charge is 0.263 e. The molecule has 5 heteroatoms. The lowest BCUT2D eigenvalue weighted by Crippen LogP contribution is -1.87. The van der Waals surface area contributed by atoms with Gasteiger partial charge in [0.25, 0.3) is 0 Å². The fraction of sp³-hybridized carbons (Fsp3) is 0.0714. The molecule has 3 rings (SSSR count). The number of aryl methyl sites for hydroxylation is 1. The minimum absolute atomic E-state index is 0.483. The first-order valence-corrected chi connectivity index (χ1v) is 6.60. The van der Waals surface area contributed by atoms with Crippen LogP contribution >= 0.6 is 11.3 Å². The molecule has 0 aliphatic rings. The Morgan fingerprint density at radius 3 is 2.58 bits per heavy atom. The monoisotopic (exact) mass is 271 g/mol. The Balaban J connectivity index is 2.02. The minimum atomic E-state index is -0.483. The molecule has 0 fully saturated rings. The van der Waals surface area contributed by atoms with Crippen molar-refractivity contribution in [3.05, 3.63) is 53.1 Å². The SMILES string of the molecule is Cc1nc(-c2cncc(-c3ccc(F)nc3)c2)cs1. The number of aromatic nitrogens is 3. The zero-order valence-corrected chi connectivity index (χ0v) is 11.0. The van der Waals surface area contributed by atoms with Crippen LogP contribution in [0.4, 0.5) is 4.39 Å². The Bertz CT molecular complexity index is 707. The number of nitrogens with zero attached hydrogens (tertiary/aromatic N) is 3. The Kier molecular flexibility index (Phi) is 3.05. The summed E-state index contributed by atoms with van der Waals surface area (Å²) in [5.41, 5.74) is 3.59. The van der Waals surface area contributed by atoms with E-state index in [0.29, 0.717) is 0 Å². The molecular weight excluding hydrogens is 261 g/mol. The maximum absolute atomic E-state index is 12.8. The minimum Gasteiger partial charge on any atom is -0.263 e. The molecule has 3 nitrogen and oxygen atoms in total. The molecule has 0 amide bonds. The first-order valence-electron chi connectivity index (χ1n) is 5.72. The number of rotatable bonds is 2. The van der Waals surface area contributed by atoms with Crippen molar-refractivity contribution in [2.75, 3.05) is 0 Å². The first kappa shape index (κ1) is 11.9. The van der Waals surface area contributed by atoms with Gasteiger partial charge in [-0.25, -0.2) is 9.97 Å². The third-order valence-electron chi connectivity index (χ3n) is 2.71. The lowest BCUT2D eigenvalue weighted by molar-refractivity contribution is 0.584. The van der Waals surface area contributed by atoms with Crippen molar-refractivity contribution in [1.82, 2.24) is 15.0 Å². The standard InChI is InChI=1S/C14H10FN3S/c1-9-18-13(8-19-9)12-4-11(5-16-6-12)10-2-3-14(15)17-7-10/h2-8H,1H3. The third kappa shape index (κ3) is 2.51. The van der Waals surface area contributed by atoms with Gasteiger partial charge < -0.3 is 0 Å². The topological polar surface area (TPSA) is 38.7 Å². The maximum atomic E-state index is 12.8. The molecule has 0 atom stereocenters. The van der Waals surface area contributed by atoms with Crippen molar-refractivity contribution in [2.24, 2.45) is 0 Å². The van der Waals surface area contributed by atoms with Crippen LogP contribution in [-0.4, -0.2) is 15.0 Å². The molecule has 0 N–H and O–H groups in total. The molecular formula is C14H10FN3S. The Hall–Kier alpha value is -2.14. The average Bonchev–Trinajstić information content (AvgIpc) is 2.86. The number of hydrogen-bond donors (Lipinski definition) is 0. The summed E-state index contributed by atoms with van der Waals surface area (Å²) in [5, 5.41) is 3.02. The van der Waals surface area contributed by atoms with E-state index in [-0.39, 0.29) is 0 Å². The van der Waals surface area contributed by atoms with Crippen molar-refractivity contribution in [1.29, 1.82) is 0 Å². The highest BCUT2D eigenvalue weighted by Gasteiger charge is 2.05. The summed E-state index contributed by atoms with van der Waals surface area (Å²) in [7, 11) is 0. The van der Waals surface area contributed by atoms with Crippen molar-refractivity contribution >= 4 is 11.3 Å². The van der Waals surface area contributed by atoms with Gasteiger partial charge in [-0.2, -0.15) is 4.39 Å². The third-order valence-corrected chi connectivity index (χ3v) is 3.49. The lowest BCUT2D eigenvalue weighted by Gasteiger charge is -2.02. The van der Waals surface area contributed by atoms with Crippen molar-refractivity contribution in [3.63, 3.8) is 0 Å². The predicted molar refractivity (Wildman–Crippen MR) is 73.3 cm³/mol. The van der Waals surface area contributed by atoms with Crippen LogP contribution in [0.15, 0.2) is 42.2 Å². The summed E-state index contributed by atoms with van der Waals surface area (Å²) in [6.45, 7) is 1.97. The van der Waals surface area contributed by atoms with E-state index in [2.05, 4.69) is 15.0 Å². The van der Waals surface area contributed by atoms with E-state index in [4.69, 9.17) is 0 Å². The van der Waals surface area contributed by atoms with Crippen LogP contribution in [0, 0.1) is 12.9 Å². The van der Waals surface area contributed by atoms with Crippen LogP contribution in [0.5, 0.6) is 0 Å². The predicted octanol–water partition coefficient (Wildman–Crippen LogP) is 3.71. The molecule has 0 saturated heterocycles. The van der Waals surface area contributed by atoms with E-state index >= 15 is 0 Å². The molecule has 19 heavy (non-hydrogen) atoms. The normalized spacial score (nSPS) is 10.6. The zero-order valence-electron chi connectivity index (χ0n) is 10.2. The molecule has 0 spiro atoms. The van der Waals surface area contributed by atoms with Crippen LogP contribution in [-0.2, 0) is 0 Å². The Morgan fingerprint density at radius 2 is 1.89 bits per heavy atom. The second-order valence-electron chi connectivity index (χ2n) is 4.08. The second-order valence-corrected chi connectivity index (χ2v) is 5.15. The van der Waals surface area contributed by atoms with Crippen LogP contribution in [0.3, 0.4) is 0 Å². The summed E-state index contributed by atoms with van der Waals surface area (Å²) in [6.07, 6.45) is 5.01. The molecule has 0 saturated carbocycles. The molecule has 3 aromatic rings. The highest BCUT2D eigenvalue weighted by atomic mass is 32.1. The molecule has 0 bridgehead atoms.